The van der Waals surface area contributed by atoms with Gasteiger partial charge in [-0.25, -0.2) is 0 Å². The Morgan fingerprint density at radius 3 is 2.84 bits per heavy atom. The van der Waals surface area contributed by atoms with E-state index < -0.39 is 0 Å². The van der Waals surface area contributed by atoms with Gasteiger partial charge in [0, 0.05) is 31.2 Å². The number of furan rings is 1. The summed E-state index contributed by atoms with van der Waals surface area (Å²) in [4.78, 5) is 14.4. The highest BCUT2D eigenvalue weighted by Crippen LogP contribution is 2.29. The fraction of sp³-hybridized carbons (Fsp3) is 0.333. The molecule has 1 amide bonds. The number of nitrogens with zero attached hydrogens (tertiary/aromatic N) is 2. The zero-order valence-corrected chi connectivity index (χ0v) is 14.8. The predicted octanol–water partition coefficient (Wildman–Crippen LogP) is 2.89. The van der Waals surface area contributed by atoms with E-state index in [2.05, 4.69) is 10.2 Å². The van der Waals surface area contributed by atoms with Crippen molar-refractivity contribution in [3.05, 3.63) is 47.0 Å². The number of nitrogens with one attached hydrogen (secondary N) is 1. The number of aromatic amines is 1. The molecule has 7 heteroatoms. The molecule has 3 aromatic rings. The molecule has 3 rings (SSSR count). The lowest BCUT2D eigenvalue weighted by Crippen LogP contribution is -2.26. The van der Waals surface area contributed by atoms with Gasteiger partial charge in [-0.2, -0.15) is 5.10 Å². The minimum Gasteiger partial charge on any atom is -0.497 e. The van der Waals surface area contributed by atoms with Crippen LogP contribution in [-0.4, -0.2) is 42.3 Å². The molecule has 0 saturated heterocycles. The van der Waals surface area contributed by atoms with Crippen molar-refractivity contribution in [3.8, 4) is 5.75 Å². The van der Waals surface area contributed by atoms with E-state index >= 15 is 0 Å². The average molecular weight is 343 g/mol. The number of H-pyrrole nitrogens is 1. The van der Waals surface area contributed by atoms with Crippen molar-refractivity contribution in [1.29, 1.82) is 0 Å². The quantitative estimate of drug-likeness (QED) is 0.744. The third-order valence-electron chi connectivity index (χ3n) is 4.07. The zero-order chi connectivity index (χ0) is 18.0. The molecule has 0 fully saturated rings. The number of methoxy groups -OCH3 is 2. The third-order valence-corrected chi connectivity index (χ3v) is 4.07. The van der Waals surface area contributed by atoms with E-state index in [1.807, 2.05) is 25.1 Å². The van der Waals surface area contributed by atoms with Crippen molar-refractivity contribution in [2.45, 2.75) is 20.1 Å². The van der Waals surface area contributed by atoms with Crippen LogP contribution in [0, 0.1) is 6.92 Å². The van der Waals surface area contributed by atoms with Crippen LogP contribution in [0.1, 0.15) is 27.5 Å². The van der Waals surface area contributed by atoms with E-state index in [4.69, 9.17) is 13.9 Å². The Bertz CT molecular complexity index is 897. The van der Waals surface area contributed by atoms with E-state index in [0.717, 1.165) is 22.3 Å². The Hall–Kier alpha value is -2.80. The second kappa shape index (κ2) is 6.98. The zero-order valence-electron chi connectivity index (χ0n) is 14.8. The molecule has 1 N–H and O–H groups in total. The number of hydrogen-bond donors (Lipinski definition) is 1. The van der Waals surface area contributed by atoms with Crippen molar-refractivity contribution in [2.24, 2.45) is 0 Å². The summed E-state index contributed by atoms with van der Waals surface area (Å²) in [6.07, 6.45) is 0. The Morgan fingerprint density at radius 2 is 2.12 bits per heavy atom. The van der Waals surface area contributed by atoms with Crippen LogP contribution < -0.4 is 4.74 Å². The van der Waals surface area contributed by atoms with Gasteiger partial charge in [0.05, 0.1) is 31.6 Å². The van der Waals surface area contributed by atoms with Gasteiger partial charge in [0.25, 0.3) is 5.91 Å². The maximum Gasteiger partial charge on any atom is 0.289 e. The van der Waals surface area contributed by atoms with Gasteiger partial charge in [0.1, 0.15) is 11.3 Å². The fourth-order valence-corrected chi connectivity index (χ4v) is 2.75. The molecule has 2 aromatic heterocycles. The Labute approximate surface area is 145 Å². The molecule has 25 heavy (non-hydrogen) atoms. The minimum absolute atomic E-state index is 0.185. The molecule has 132 valence electrons. The molecule has 0 aliphatic carbocycles. The summed E-state index contributed by atoms with van der Waals surface area (Å²) in [7, 11) is 4.94. The molecule has 7 nitrogen and oxygen atoms in total. The average Bonchev–Trinajstić information content (AvgIpc) is 3.18. The van der Waals surface area contributed by atoms with E-state index in [-0.39, 0.29) is 5.91 Å². The van der Waals surface area contributed by atoms with Gasteiger partial charge in [0.2, 0.25) is 0 Å². The SMILES string of the molecule is COCc1cc(CN(C)C(=O)c2oc3cc(OC)ccc3c2C)[nH]n1. The lowest BCUT2D eigenvalue weighted by Gasteiger charge is -2.14. The number of aromatic nitrogens is 2. The summed E-state index contributed by atoms with van der Waals surface area (Å²) in [5.41, 5.74) is 3.08. The van der Waals surface area contributed by atoms with E-state index in [0.29, 0.717) is 30.2 Å². The van der Waals surface area contributed by atoms with Gasteiger partial charge in [-0.05, 0) is 25.1 Å². The third kappa shape index (κ3) is 3.36. The summed E-state index contributed by atoms with van der Waals surface area (Å²) in [5.74, 6) is 0.842. The molecule has 0 saturated carbocycles. The van der Waals surface area contributed by atoms with Crippen LogP contribution in [0.4, 0.5) is 0 Å². The van der Waals surface area contributed by atoms with Crippen LogP contribution in [0.3, 0.4) is 0 Å². The Kier molecular flexibility index (Phi) is 4.76. The molecule has 0 spiro atoms. The van der Waals surface area contributed by atoms with Crippen LogP contribution in [0.15, 0.2) is 28.7 Å². The first-order valence-corrected chi connectivity index (χ1v) is 7.88. The topological polar surface area (TPSA) is 80.6 Å². The van der Waals surface area contributed by atoms with Crippen molar-refractivity contribution >= 4 is 16.9 Å². The van der Waals surface area contributed by atoms with Crippen molar-refractivity contribution < 1.29 is 18.7 Å². The molecule has 0 bridgehead atoms. The van der Waals surface area contributed by atoms with Gasteiger partial charge < -0.3 is 18.8 Å². The summed E-state index contributed by atoms with van der Waals surface area (Å²) in [6, 6.07) is 7.41. The first-order valence-electron chi connectivity index (χ1n) is 7.88. The van der Waals surface area contributed by atoms with Crippen LogP contribution in [0.2, 0.25) is 0 Å². The van der Waals surface area contributed by atoms with Gasteiger partial charge in [-0.1, -0.05) is 0 Å². The first kappa shape index (κ1) is 17.0. The number of aryl methyl sites for hydroxylation is 1. The summed E-state index contributed by atoms with van der Waals surface area (Å²) >= 11 is 0. The monoisotopic (exact) mass is 343 g/mol. The molecular weight excluding hydrogens is 322 g/mol. The van der Waals surface area contributed by atoms with Gasteiger partial charge in [-0.3, -0.25) is 9.89 Å². The molecule has 0 aliphatic rings. The molecule has 0 radical (unpaired) electrons. The minimum atomic E-state index is -0.185. The lowest BCUT2D eigenvalue weighted by atomic mass is 10.1. The highest BCUT2D eigenvalue weighted by Gasteiger charge is 2.22. The molecule has 2 heterocycles. The first-order chi connectivity index (χ1) is 12.0. The highest BCUT2D eigenvalue weighted by molar-refractivity contribution is 5.99. The molecule has 0 aliphatic heterocycles. The van der Waals surface area contributed by atoms with E-state index in [9.17, 15) is 4.79 Å². The van der Waals surface area contributed by atoms with Crippen LogP contribution in [-0.2, 0) is 17.9 Å². The number of carbonyl (C=O) groups is 1. The molecule has 0 unspecified atom stereocenters. The molecule has 1 aromatic carbocycles. The highest BCUT2D eigenvalue weighted by atomic mass is 16.5. The number of carbonyl (C=O) groups excluding carboxylic acids is 1. The van der Waals surface area contributed by atoms with Gasteiger partial charge in [-0.15, -0.1) is 0 Å². The smallest absolute Gasteiger partial charge is 0.289 e. The van der Waals surface area contributed by atoms with Gasteiger partial charge in [0.15, 0.2) is 5.76 Å². The predicted molar refractivity (Wildman–Crippen MR) is 92.6 cm³/mol. The summed E-state index contributed by atoms with van der Waals surface area (Å²) in [6.45, 7) is 2.71. The van der Waals surface area contributed by atoms with Gasteiger partial charge >= 0.3 is 0 Å². The van der Waals surface area contributed by atoms with E-state index in [1.165, 1.54) is 0 Å². The number of amides is 1. The lowest BCUT2D eigenvalue weighted by molar-refractivity contribution is 0.0753. The molecule has 0 atom stereocenters. The number of ether oxygens (including phenoxy) is 2. The normalized spacial score (nSPS) is 11.0. The van der Waals surface area contributed by atoms with Crippen LogP contribution in [0.25, 0.3) is 11.0 Å². The maximum atomic E-state index is 12.8. The Balaban J connectivity index is 1.81. The van der Waals surface area contributed by atoms with Crippen molar-refractivity contribution in [2.75, 3.05) is 21.3 Å². The van der Waals surface area contributed by atoms with Crippen molar-refractivity contribution in [3.63, 3.8) is 0 Å². The number of hydrogen-bond acceptors (Lipinski definition) is 5. The van der Waals surface area contributed by atoms with Crippen molar-refractivity contribution in [1.82, 2.24) is 15.1 Å². The standard InChI is InChI=1S/C18H21N3O4/c1-11-15-6-5-14(24-4)8-16(15)25-17(11)18(22)21(2)9-12-7-13(10-23-3)20-19-12/h5-8H,9-10H2,1-4H3,(H,19,20). The fourth-order valence-electron chi connectivity index (χ4n) is 2.75. The summed E-state index contributed by atoms with van der Waals surface area (Å²) in [5, 5.41) is 7.95. The largest absolute Gasteiger partial charge is 0.497 e. The van der Waals surface area contributed by atoms with Crippen LogP contribution >= 0.6 is 0 Å². The summed E-state index contributed by atoms with van der Waals surface area (Å²) < 4.78 is 16.0. The number of benzene rings is 1. The number of fused-ring (bicyclic) bond motifs is 1. The van der Waals surface area contributed by atoms with E-state index in [1.54, 1.807) is 32.2 Å². The maximum absolute atomic E-state index is 12.8. The molecular formula is C18H21N3O4. The Morgan fingerprint density at radius 1 is 1.32 bits per heavy atom. The van der Waals surface area contributed by atoms with Crippen LogP contribution in [0.5, 0.6) is 5.75 Å². The number of rotatable bonds is 6. The second-order valence-corrected chi connectivity index (χ2v) is 5.90. The second-order valence-electron chi connectivity index (χ2n) is 5.90.